The molecule has 0 spiro atoms. The van der Waals surface area contributed by atoms with Crippen LogP contribution in [0, 0.1) is 17.8 Å². The van der Waals surface area contributed by atoms with E-state index in [4.69, 9.17) is 5.73 Å². The quantitative estimate of drug-likeness (QED) is 0.798. The number of hydrogen-bond acceptors (Lipinski definition) is 2. The summed E-state index contributed by atoms with van der Waals surface area (Å²) >= 11 is 0. The van der Waals surface area contributed by atoms with Crippen molar-refractivity contribution in [2.45, 2.75) is 46.6 Å². The number of carbonyl (C=O) groups excluding carboxylic acids is 1. The van der Waals surface area contributed by atoms with Crippen LogP contribution >= 0.6 is 0 Å². The first-order valence-electron chi connectivity index (χ1n) is 6.47. The smallest absolute Gasteiger partial charge is 0.226 e. The molecule has 1 rings (SSSR count). The van der Waals surface area contributed by atoms with Crippen LogP contribution in [0.3, 0.4) is 0 Å². The zero-order valence-electron chi connectivity index (χ0n) is 11.1. The number of nitrogens with two attached hydrogens (primary N) is 1. The molecule has 94 valence electrons. The summed E-state index contributed by atoms with van der Waals surface area (Å²) < 4.78 is 0. The number of piperidine rings is 1. The molecule has 0 aromatic heterocycles. The Hall–Kier alpha value is -0.570. The van der Waals surface area contributed by atoms with Gasteiger partial charge in [-0.15, -0.1) is 0 Å². The summed E-state index contributed by atoms with van der Waals surface area (Å²) in [5, 5.41) is 0. The highest BCUT2D eigenvalue weighted by Crippen LogP contribution is 2.25. The Bertz CT molecular complexity index is 230. The molecule has 2 atom stereocenters. The second kappa shape index (κ2) is 5.67. The molecule has 16 heavy (non-hydrogen) atoms. The molecule has 0 saturated carbocycles. The SMILES string of the molecule is CC(C)C1CCN(C(=O)C(C)C(C)N)CC1. The van der Waals surface area contributed by atoms with E-state index in [0.29, 0.717) is 0 Å². The van der Waals surface area contributed by atoms with Gasteiger partial charge >= 0.3 is 0 Å². The molecule has 2 N–H and O–H groups in total. The van der Waals surface area contributed by atoms with E-state index in [9.17, 15) is 4.79 Å². The summed E-state index contributed by atoms with van der Waals surface area (Å²) in [5.74, 6) is 1.71. The Labute approximate surface area is 99.4 Å². The van der Waals surface area contributed by atoms with Crippen molar-refractivity contribution in [1.29, 1.82) is 0 Å². The fourth-order valence-electron chi connectivity index (χ4n) is 2.30. The van der Waals surface area contributed by atoms with Gasteiger partial charge < -0.3 is 10.6 Å². The van der Waals surface area contributed by atoms with Gasteiger partial charge in [0.05, 0.1) is 5.92 Å². The van der Waals surface area contributed by atoms with Crippen molar-refractivity contribution in [3.05, 3.63) is 0 Å². The molecule has 0 aromatic rings. The topological polar surface area (TPSA) is 46.3 Å². The van der Waals surface area contributed by atoms with Crippen molar-refractivity contribution in [1.82, 2.24) is 4.90 Å². The van der Waals surface area contributed by atoms with Gasteiger partial charge in [-0.2, -0.15) is 0 Å². The van der Waals surface area contributed by atoms with Crippen LogP contribution in [0.2, 0.25) is 0 Å². The maximum absolute atomic E-state index is 12.1. The van der Waals surface area contributed by atoms with Gasteiger partial charge in [0.25, 0.3) is 0 Å². The Morgan fingerprint density at radius 2 is 1.69 bits per heavy atom. The number of rotatable bonds is 3. The van der Waals surface area contributed by atoms with Crippen LogP contribution in [0.5, 0.6) is 0 Å². The summed E-state index contributed by atoms with van der Waals surface area (Å²) in [6, 6.07) is -0.0460. The standard InChI is InChI=1S/C13H26N2O/c1-9(2)12-5-7-15(8-6-12)13(16)10(3)11(4)14/h9-12H,5-8,14H2,1-4H3. The summed E-state index contributed by atoms with van der Waals surface area (Å²) in [7, 11) is 0. The lowest BCUT2D eigenvalue weighted by Gasteiger charge is -2.35. The molecule has 1 saturated heterocycles. The Balaban J connectivity index is 2.45. The van der Waals surface area contributed by atoms with Crippen molar-refractivity contribution < 1.29 is 4.79 Å². The average Bonchev–Trinajstić information content (AvgIpc) is 2.27. The summed E-state index contributed by atoms with van der Waals surface area (Å²) in [5.41, 5.74) is 5.77. The van der Waals surface area contributed by atoms with Gasteiger partial charge in [-0.05, 0) is 31.6 Å². The fraction of sp³-hybridized carbons (Fsp3) is 0.923. The number of likely N-dealkylation sites (tertiary alicyclic amines) is 1. The molecule has 0 aromatic carbocycles. The highest BCUT2D eigenvalue weighted by atomic mass is 16.2. The van der Waals surface area contributed by atoms with E-state index in [-0.39, 0.29) is 17.9 Å². The first-order valence-corrected chi connectivity index (χ1v) is 6.47. The van der Waals surface area contributed by atoms with Gasteiger partial charge in [-0.3, -0.25) is 4.79 Å². The first kappa shape index (κ1) is 13.5. The zero-order chi connectivity index (χ0) is 12.3. The second-order valence-corrected chi connectivity index (χ2v) is 5.55. The number of amides is 1. The van der Waals surface area contributed by atoms with Gasteiger partial charge in [0.2, 0.25) is 5.91 Å². The van der Waals surface area contributed by atoms with Gasteiger partial charge in [0.1, 0.15) is 0 Å². The molecule has 3 heteroatoms. The Morgan fingerprint density at radius 1 is 1.19 bits per heavy atom. The predicted molar refractivity (Wildman–Crippen MR) is 67.0 cm³/mol. The Kier molecular flexibility index (Phi) is 4.78. The van der Waals surface area contributed by atoms with Crippen LogP contribution in [0.4, 0.5) is 0 Å². The normalized spacial score (nSPS) is 22.2. The maximum atomic E-state index is 12.1. The van der Waals surface area contributed by atoms with Gasteiger partial charge in [0.15, 0.2) is 0 Å². The van der Waals surface area contributed by atoms with E-state index >= 15 is 0 Å². The monoisotopic (exact) mass is 226 g/mol. The largest absolute Gasteiger partial charge is 0.342 e. The molecule has 1 amide bonds. The molecular formula is C13H26N2O. The average molecular weight is 226 g/mol. The van der Waals surface area contributed by atoms with Crippen LogP contribution in [0.25, 0.3) is 0 Å². The van der Waals surface area contributed by atoms with Crippen molar-refractivity contribution in [2.75, 3.05) is 13.1 Å². The van der Waals surface area contributed by atoms with Crippen molar-refractivity contribution in [3.8, 4) is 0 Å². The van der Waals surface area contributed by atoms with Crippen LogP contribution in [0.15, 0.2) is 0 Å². The summed E-state index contributed by atoms with van der Waals surface area (Å²) in [6.45, 7) is 10.2. The summed E-state index contributed by atoms with van der Waals surface area (Å²) in [4.78, 5) is 14.1. The van der Waals surface area contributed by atoms with Crippen LogP contribution in [0.1, 0.15) is 40.5 Å². The van der Waals surface area contributed by atoms with Gasteiger partial charge in [-0.1, -0.05) is 20.8 Å². The highest BCUT2D eigenvalue weighted by molar-refractivity contribution is 5.79. The second-order valence-electron chi connectivity index (χ2n) is 5.55. The van der Waals surface area contributed by atoms with Crippen molar-refractivity contribution in [2.24, 2.45) is 23.5 Å². The van der Waals surface area contributed by atoms with E-state index in [0.717, 1.165) is 37.8 Å². The third-order valence-electron chi connectivity index (χ3n) is 3.97. The molecule has 1 fully saturated rings. The highest BCUT2D eigenvalue weighted by Gasteiger charge is 2.28. The molecular weight excluding hydrogens is 200 g/mol. The molecule has 0 radical (unpaired) electrons. The lowest BCUT2D eigenvalue weighted by atomic mass is 9.86. The molecule has 1 aliphatic rings. The molecule has 0 bridgehead atoms. The predicted octanol–water partition coefficient (Wildman–Crippen LogP) is 1.86. The van der Waals surface area contributed by atoms with E-state index in [2.05, 4.69) is 13.8 Å². The van der Waals surface area contributed by atoms with Gasteiger partial charge in [0, 0.05) is 19.1 Å². The minimum absolute atomic E-state index is 0.0457. The molecule has 1 heterocycles. The van der Waals surface area contributed by atoms with E-state index < -0.39 is 0 Å². The number of hydrogen-bond donors (Lipinski definition) is 1. The lowest BCUT2D eigenvalue weighted by molar-refractivity contribution is -0.137. The van der Waals surface area contributed by atoms with Crippen LogP contribution < -0.4 is 5.73 Å². The molecule has 0 aliphatic carbocycles. The lowest BCUT2D eigenvalue weighted by Crippen LogP contribution is -2.45. The van der Waals surface area contributed by atoms with E-state index in [1.165, 1.54) is 0 Å². The number of nitrogens with zero attached hydrogens (tertiary/aromatic N) is 1. The first-order chi connectivity index (χ1) is 7.43. The third kappa shape index (κ3) is 3.21. The minimum Gasteiger partial charge on any atom is -0.342 e. The minimum atomic E-state index is -0.0460. The number of carbonyl (C=O) groups is 1. The van der Waals surface area contributed by atoms with Gasteiger partial charge in [-0.25, -0.2) is 0 Å². The molecule has 1 aliphatic heterocycles. The molecule has 3 nitrogen and oxygen atoms in total. The Morgan fingerprint density at radius 3 is 2.06 bits per heavy atom. The van der Waals surface area contributed by atoms with E-state index in [1.807, 2.05) is 18.7 Å². The van der Waals surface area contributed by atoms with Crippen molar-refractivity contribution in [3.63, 3.8) is 0 Å². The summed E-state index contributed by atoms with van der Waals surface area (Å²) in [6.07, 6.45) is 2.30. The van der Waals surface area contributed by atoms with E-state index in [1.54, 1.807) is 0 Å². The fourth-order valence-corrected chi connectivity index (χ4v) is 2.30. The van der Waals surface area contributed by atoms with Crippen LogP contribution in [-0.4, -0.2) is 29.9 Å². The zero-order valence-corrected chi connectivity index (χ0v) is 11.1. The molecule has 2 unspecified atom stereocenters. The third-order valence-corrected chi connectivity index (χ3v) is 3.97. The van der Waals surface area contributed by atoms with Crippen LogP contribution in [-0.2, 0) is 4.79 Å². The van der Waals surface area contributed by atoms with Crippen molar-refractivity contribution >= 4 is 5.91 Å². The maximum Gasteiger partial charge on any atom is 0.226 e.